The normalized spacial score (nSPS) is 11.8. The molecule has 0 fully saturated rings. The van der Waals surface area contributed by atoms with Gasteiger partial charge in [-0.1, -0.05) is 48.5 Å². The van der Waals surface area contributed by atoms with Crippen LogP contribution in [0.25, 0.3) is 0 Å². The van der Waals surface area contributed by atoms with Crippen LogP contribution in [-0.2, 0) is 0 Å². The molecule has 0 unspecified atom stereocenters. The zero-order chi connectivity index (χ0) is 14.2. The van der Waals surface area contributed by atoms with Crippen LogP contribution in [0.4, 0.5) is 0 Å². The number of nitrogens with zero attached hydrogens (tertiary/aromatic N) is 1. The second-order valence-corrected chi connectivity index (χ2v) is 4.22. The van der Waals surface area contributed by atoms with Gasteiger partial charge in [0.15, 0.2) is 0 Å². The molecule has 0 radical (unpaired) electrons. The summed E-state index contributed by atoms with van der Waals surface area (Å²) in [5, 5.41) is 11.6. The standard InChI is InChI=1S/C17H14N2O/c18-13-7-12-16(14-8-3-1-4-9-14)19-17(20)15-10-5-2-6-11-15/h1-12,16H,(H,19,20)/b12-7+/t16-/m1/s1. The van der Waals surface area contributed by atoms with Crippen molar-refractivity contribution in [3.8, 4) is 6.07 Å². The topological polar surface area (TPSA) is 52.9 Å². The van der Waals surface area contributed by atoms with Crippen LogP contribution < -0.4 is 5.32 Å². The fourth-order valence-corrected chi connectivity index (χ4v) is 1.86. The van der Waals surface area contributed by atoms with Gasteiger partial charge in [0.25, 0.3) is 5.91 Å². The van der Waals surface area contributed by atoms with Crippen molar-refractivity contribution in [1.82, 2.24) is 5.32 Å². The van der Waals surface area contributed by atoms with Crippen molar-refractivity contribution >= 4 is 5.91 Å². The van der Waals surface area contributed by atoms with Crippen molar-refractivity contribution in [2.45, 2.75) is 6.04 Å². The van der Waals surface area contributed by atoms with Gasteiger partial charge >= 0.3 is 0 Å². The Hall–Kier alpha value is -2.86. The Kier molecular flexibility index (Phi) is 4.69. The Morgan fingerprint density at radius 2 is 1.65 bits per heavy atom. The number of nitriles is 1. The second-order valence-electron chi connectivity index (χ2n) is 4.22. The molecule has 1 atom stereocenters. The zero-order valence-corrected chi connectivity index (χ0v) is 10.9. The lowest BCUT2D eigenvalue weighted by Crippen LogP contribution is -2.27. The molecule has 0 bridgehead atoms. The molecule has 0 aromatic heterocycles. The first kappa shape index (κ1) is 13.6. The van der Waals surface area contributed by atoms with E-state index >= 15 is 0 Å². The summed E-state index contributed by atoms with van der Waals surface area (Å²) in [7, 11) is 0. The molecule has 3 heteroatoms. The van der Waals surface area contributed by atoms with Gasteiger partial charge in [-0.3, -0.25) is 4.79 Å². The Labute approximate surface area is 118 Å². The minimum Gasteiger partial charge on any atom is -0.342 e. The Bertz CT molecular complexity index is 627. The van der Waals surface area contributed by atoms with E-state index in [1.165, 1.54) is 6.08 Å². The number of amides is 1. The summed E-state index contributed by atoms with van der Waals surface area (Å²) in [6.45, 7) is 0. The highest BCUT2D eigenvalue weighted by Crippen LogP contribution is 2.15. The van der Waals surface area contributed by atoms with Gasteiger partial charge < -0.3 is 5.32 Å². The molecule has 0 heterocycles. The average molecular weight is 262 g/mol. The van der Waals surface area contributed by atoms with E-state index in [0.29, 0.717) is 5.56 Å². The van der Waals surface area contributed by atoms with E-state index in [9.17, 15) is 4.79 Å². The predicted octanol–water partition coefficient (Wildman–Crippen LogP) is 3.24. The minimum absolute atomic E-state index is 0.165. The number of hydrogen-bond donors (Lipinski definition) is 1. The lowest BCUT2D eigenvalue weighted by atomic mass is 10.1. The van der Waals surface area contributed by atoms with Crippen LogP contribution in [-0.4, -0.2) is 5.91 Å². The van der Waals surface area contributed by atoms with Gasteiger partial charge in [0.2, 0.25) is 0 Å². The predicted molar refractivity (Wildman–Crippen MR) is 77.8 cm³/mol. The van der Waals surface area contributed by atoms with Gasteiger partial charge in [-0.2, -0.15) is 5.26 Å². The maximum atomic E-state index is 12.2. The van der Waals surface area contributed by atoms with Crippen LogP contribution >= 0.6 is 0 Å². The van der Waals surface area contributed by atoms with Crippen LogP contribution in [0.1, 0.15) is 22.0 Å². The fraction of sp³-hybridized carbons (Fsp3) is 0.0588. The largest absolute Gasteiger partial charge is 0.342 e. The Morgan fingerprint density at radius 1 is 1.05 bits per heavy atom. The average Bonchev–Trinajstić information content (AvgIpc) is 2.53. The minimum atomic E-state index is -0.316. The molecule has 2 aromatic carbocycles. The third-order valence-electron chi connectivity index (χ3n) is 2.84. The number of hydrogen-bond acceptors (Lipinski definition) is 2. The zero-order valence-electron chi connectivity index (χ0n) is 10.9. The number of carbonyl (C=O) groups excluding carboxylic acids is 1. The number of allylic oxidation sites excluding steroid dienone is 1. The maximum Gasteiger partial charge on any atom is 0.252 e. The Balaban J connectivity index is 2.19. The third kappa shape index (κ3) is 3.56. The highest BCUT2D eigenvalue weighted by molar-refractivity contribution is 5.94. The number of nitrogens with one attached hydrogen (secondary N) is 1. The molecule has 20 heavy (non-hydrogen) atoms. The van der Waals surface area contributed by atoms with Gasteiger partial charge in [-0.25, -0.2) is 0 Å². The molecular weight excluding hydrogens is 248 g/mol. The monoisotopic (exact) mass is 262 g/mol. The summed E-state index contributed by atoms with van der Waals surface area (Å²) in [4.78, 5) is 12.2. The molecule has 3 nitrogen and oxygen atoms in total. The summed E-state index contributed by atoms with van der Waals surface area (Å²) in [6, 6.07) is 20.2. The smallest absolute Gasteiger partial charge is 0.252 e. The Morgan fingerprint density at radius 3 is 2.25 bits per heavy atom. The van der Waals surface area contributed by atoms with Crippen molar-refractivity contribution in [2.24, 2.45) is 0 Å². The van der Waals surface area contributed by atoms with E-state index in [4.69, 9.17) is 5.26 Å². The van der Waals surface area contributed by atoms with Gasteiger partial charge in [-0.15, -0.1) is 0 Å². The van der Waals surface area contributed by atoms with Gasteiger partial charge in [0.1, 0.15) is 0 Å². The number of rotatable bonds is 4. The summed E-state index contributed by atoms with van der Waals surface area (Å²) in [5.74, 6) is -0.165. The molecule has 0 aliphatic heterocycles. The van der Waals surface area contributed by atoms with E-state index in [-0.39, 0.29) is 11.9 Å². The van der Waals surface area contributed by atoms with E-state index in [0.717, 1.165) is 5.56 Å². The number of benzene rings is 2. The van der Waals surface area contributed by atoms with E-state index < -0.39 is 0 Å². The van der Waals surface area contributed by atoms with E-state index in [1.54, 1.807) is 18.2 Å². The lowest BCUT2D eigenvalue weighted by molar-refractivity contribution is 0.0944. The molecule has 0 aliphatic carbocycles. The summed E-state index contributed by atoms with van der Waals surface area (Å²) in [6.07, 6.45) is 3.05. The quantitative estimate of drug-likeness (QED) is 0.860. The molecule has 0 saturated carbocycles. The molecule has 1 N–H and O–H groups in total. The third-order valence-corrected chi connectivity index (χ3v) is 2.84. The van der Waals surface area contributed by atoms with Gasteiger partial charge in [-0.05, 0) is 23.8 Å². The van der Waals surface area contributed by atoms with Crippen LogP contribution in [0.5, 0.6) is 0 Å². The molecule has 2 rings (SSSR count). The van der Waals surface area contributed by atoms with Crippen molar-refractivity contribution < 1.29 is 4.79 Å². The maximum absolute atomic E-state index is 12.2. The van der Waals surface area contributed by atoms with Gasteiger partial charge in [0.05, 0.1) is 12.1 Å². The van der Waals surface area contributed by atoms with Crippen molar-refractivity contribution in [2.75, 3.05) is 0 Å². The number of carbonyl (C=O) groups is 1. The molecule has 0 saturated heterocycles. The molecular formula is C17H14N2O. The summed E-state index contributed by atoms with van der Waals surface area (Å²) >= 11 is 0. The van der Waals surface area contributed by atoms with Crippen molar-refractivity contribution in [3.05, 3.63) is 83.9 Å². The van der Waals surface area contributed by atoms with Crippen LogP contribution in [0, 0.1) is 11.3 Å². The van der Waals surface area contributed by atoms with E-state index in [2.05, 4.69) is 5.32 Å². The highest BCUT2D eigenvalue weighted by Gasteiger charge is 2.12. The van der Waals surface area contributed by atoms with Crippen molar-refractivity contribution in [3.63, 3.8) is 0 Å². The molecule has 0 aliphatic rings. The summed E-state index contributed by atoms with van der Waals surface area (Å²) < 4.78 is 0. The summed E-state index contributed by atoms with van der Waals surface area (Å²) in [5.41, 5.74) is 1.53. The lowest BCUT2D eigenvalue weighted by Gasteiger charge is -2.15. The highest BCUT2D eigenvalue weighted by atomic mass is 16.1. The fourth-order valence-electron chi connectivity index (χ4n) is 1.86. The van der Waals surface area contributed by atoms with Gasteiger partial charge in [0, 0.05) is 11.6 Å². The second kappa shape index (κ2) is 6.91. The van der Waals surface area contributed by atoms with E-state index in [1.807, 2.05) is 54.6 Å². The first-order valence-corrected chi connectivity index (χ1v) is 6.28. The first-order valence-electron chi connectivity index (χ1n) is 6.28. The molecule has 0 spiro atoms. The van der Waals surface area contributed by atoms with Crippen molar-refractivity contribution in [1.29, 1.82) is 5.26 Å². The van der Waals surface area contributed by atoms with Crippen LogP contribution in [0.2, 0.25) is 0 Å². The SMILES string of the molecule is N#C/C=C/[C@@H](NC(=O)c1ccccc1)c1ccccc1. The molecule has 1 amide bonds. The first-order chi connectivity index (χ1) is 9.81. The van der Waals surface area contributed by atoms with Crippen LogP contribution in [0.15, 0.2) is 72.8 Å². The van der Waals surface area contributed by atoms with Crippen LogP contribution in [0.3, 0.4) is 0 Å². The molecule has 98 valence electrons. The molecule has 2 aromatic rings.